The van der Waals surface area contributed by atoms with Gasteiger partial charge in [-0.25, -0.2) is 0 Å². The van der Waals surface area contributed by atoms with E-state index in [4.69, 9.17) is 5.11 Å². The van der Waals surface area contributed by atoms with Crippen LogP contribution in [0.3, 0.4) is 0 Å². The monoisotopic (exact) mass is 247 g/mol. The first-order valence-corrected chi connectivity index (χ1v) is 6.63. The Bertz CT molecular complexity index is 399. The number of aliphatic hydroxyl groups excluding tert-OH is 1. The van der Waals surface area contributed by atoms with Gasteiger partial charge in [0.25, 0.3) is 0 Å². The molecule has 1 amide bonds. The molecule has 98 valence electrons. The lowest BCUT2D eigenvalue weighted by Crippen LogP contribution is -2.30. The average Bonchev–Trinajstić information content (AvgIpc) is 2.81. The molecule has 1 aromatic rings. The number of nitrogens with zero attached hydrogens (tertiary/aromatic N) is 1. The molecule has 3 heteroatoms. The SMILES string of the molecule is Cc1ccc(CC(=O)N2CCC(CCO)C2)cc1. The van der Waals surface area contributed by atoms with Crippen molar-refractivity contribution in [1.29, 1.82) is 0 Å². The topological polar surface area (TPSA) is 40.5 Å². The van der Waals surface area contributed by atoms with Crippen LogP contribution in [0.1, 0.15) is 24.0 Å². The maximum atomic E-state index is 12.1. The lowest BCUT2D eigenvalue weighted by atomic mass is 10.1. The number of benzene rings is 1. The van der Waals surface area contributed by atoms with Crippen LogP contribution in [-0.4, -0.2) is 35.6 Å². The van der Waals surface area contributed by atoms with Crippen LogP contribution in [0.25, 0.3) is 0 Å². The van der Waals surface area contributed by atoms with E-state index in [0.29, 0.717) is 12.3 Å². The average molecular weight is 247 g/mol. The Morgan fingerprint density at radius 3 is 2.78 bits per heavy atom. The number of aryl methyl sites for hydroxylation is 1. The Morgan fingerprint density at radius 2 is 2.11 bits per heavy atom. The van der Waals surface area contributed by atoms with E-state index < -0.39 is 0 Å². The lowest BCUT2D eigenvalue weighted by Gasteiger charge is -2.16. The van der Waals surface area contributed by atoms with Crippen LogP contribution in [-0.2, 0) is 11.2 Å². The summed E-state index contributed by atoms with van der Waals surface area (Å²) in [5.41, 5.74) is 2.30. The van der Waals surface area contributed by atoms with Crippen molar-refractivity contribution in [3.63, 3.8) is 0 Å². The van der Waals surface area contributed by atoms with Crippen LogP contribution in [0.5, 0.6) is 0 Å². The molecule has 0 spiro atoms. The highest BCUT2D eigenvalue weighted by molar-refractivity contribution is 5.79. The summed E-state index contributed by atoms with van der Waals surface area (Å²) >= 11 is 0. The molecular formula is C15H21NO2. The second kappa shape index (κ2) is 6.01. The molecule has 1 N–H and O–H groups in total. The zero-order valence-corrected chi connectivity index (χ0v) is 10.9. The van der Waals surface area contributed by atoms with E-state index in [0.717, 1.165) is 31.5 Å². The molecule has 0 saturated carbocycles. The van der Waals surface area contributed by atoms with Gasteiger partial charge in [-0.1, -0.05) is 29.8 Å². The summed E-state index contributed by atoms with van der Waals surface area (Å²) in [6.07, 6.45) is 2.33. The molecule has 1 fully saturated rings. The van der Waals surface area contributed by atoms with Gasteiger partial charge in [0.05, 0.1) is 6.42 Å². The first kappa shape index (κ1) is 13.1. The zero-order chi connectivity index (χ0) is 13.0. The summed E-state index contributed by atoms with van der Waals surface area (Å²) in [4.78, 5) is 14.0. The molecule has 2 rings (SSSR count). The highest BCUT2D eigenvalue weighted by Gasteiger charge is 2.25. The van der Waals surface area contributed by atoms with E-state index >= 15 is 0 Å². The predicted molar refractivity (Wildman–Crippen MR) is 71.3 cm³/mol. The van der Waals surface area contributed by atoms with Crippen LogP contribution in [0.2, 0.25) is 0 Å². The summed E-state index contributed by atoms with van der Waals surface area (Å²) in [5.74, 6) is 0.691. The van der Waals surface area contributed by atoms with Crippen LogP contribution in [0.15, 0.2) is 24.3 Å². The molecule has 1 saturated heterocycles. The van der Waals surface area contributed by atoms with Crippen molar-refractivity contribution in [1.82, 2.24) is 4.90 Å². The molecule has 1 unspecified atom stereocenters. The second-order valence-electron chi connectivity index (χ2n) is 5.17. The number of hydrogen-bond acceptors (Lipinski definition) is 2. The Balaban J connectivity index is 1.87. The van der Waals surface area contributed by atoms with Gasteiger partial charge in [0.2, 0.25) is 5.91 Å². The van der Waals surface area contributed by atoms with Crippen molar-refractivity contribution < 1.29 is 9.90 Å². The summed E-state index contributed by atoms with van der Waals surface area (Å²) in [6, 6.07) is 8.13. The fourth-order valence-corrected chi connectivity index (χ4v) is 2.47. The zero-order valence-electron chi connectivity index (χ0n) is 10.9. The predicted octanol–water partition coefficient (Wildman–Crippen LogP) is 1.77. The van der Waals surface area contributed by atoms with Gasteiger partial charge in [0.15, 0.2) is 0 Å². The Labute approximate surface area is 108 Å². The van der Waals surface area contributed by atoms with E-state index in [-0.39, 0.29) is 12.5 Å². The van der Waals surface area contributed by atoms with Gasteiger partial charge < -0.3 is 10.0 Å². The van der Waals surface area contributed by atoms with Crippen molar-refractivity contribution in [2.75, 3.05) is 19.7 Å². The minimum atomic E-state index is 0.208. The Hall–Kier alpha value is -1.35. The maximum Gasteiger partial charge on any atom is 0.226 e. The third-order valence-electron chi connectivity index (χ3n) is 3.65. The second-order valence-corrected chi connectivity index (χ2v) is 5.17. The van der Waals surface area contributed by atoms with E-state index in [2.05, 4.69) is 0 Å². The van der Waals surface area contributed by atoms with Gasteiger partial charge in [0.1, 0.15) is 0 Å². The van der Waals surface area contributed by atoms with Gasteiger partial charge in [-0.2, -0.15) is 0 Å². The smallest absolute Gasteiger partial charge is 0.226 e. The number of amides is 1. The normalized spacial score (nSPS) is 19.2. The highest BCUT2D eigenvalue weighted by Crippen LogP contribution is 2.20. The van der Waals surface area contributed by atoms with Crippen LogP contribution >= 0.6 is 0 Å². The quantitative estimate of drug-likeness (QED) is 0.881. The third-order valence-corrected chi connectivity index (χ3v) is 3.65. The molecule has 0 aromatic heterocycles. The Morgan fingerprint density at radius 1 is 1.39 bits per heavy atom. The van der Waals surface area contributed by atoms with Gasteiger partial charge in [-0.3, -0.25) is 4.79 Å². The molecule has 1 aliphatic heterocycles. The molecule has 18 heavy (non-hydrogen) atoms. The number of carbonyl (C=O) groups excluding carboxylic acids is 1. The molecule has 0 aliphatic carbocycles. The fourth-order valence-electron chi connectivity index (χ4n) is 2.47. The molecular weight excluding hydrogens is 226 g/mol. The number of rotatable bonds is 4. The molecule has 3 nitrogen and oxygen atoms in total. The number of hydrogen-bond donors (Lipinski definition) is 1. The van der Waals surface area contributed by atoms with Crippen LogP contribution < -0.4 is 0 Å². The molecule has 0 bridgehead atoms. The van der Waals surface area contributed by atoms with Gasteiger partial charge in [0, 0.05) is 19.7 Å². The molecule has 1 aromatic carbocycles. The van der Waals surface area contributed by atoms with Crippen molar-refractivity contribution in [2.24, 2.45) is 5.92 Å². The standard InChI is InChI=1S/C15H21NO2/c1-12-2-4-13(5-3-12)10-15(18)16-8-6-14(11-16)7-9-17/h2-5,14,17H,6-11H2,1H3. The molecule has 1 atom stereocenters. The fraction of sp³-hybridized carbons (Fsp3) is 0.533. The molecule has 1 heterocycles. The number of likely N-dealkylation sites (tertiary alicyclic amines) is 1. The van der Waals surface area contributed by atoms with Gasteiger partial charge >= 0.3 is 0 Å². The number of aliphatic hydroxyl groups is 1. The highest BCUT2D eigenvalue weighted by atomic mass is 16.3. The van der Waals surface area contributed by atoms with Crippen molar-refractivity contribution >= 4 is 5.91 Å². The summed E-state index contributed by atoms with van der Waals surface area (Å²) in [5, 5.41) is 8.91. The van der Waals surface area contributed by atoms with E-state index in [1.807, 2.05) is 36.1 Å². The Kier molecular flexibility index (Phi) is 4.37. The largest absolute Gasteiger partial charge is 0.396 e. The van der Waals surface area contributed by atoms with Crippen molar-refractivity contribution in [3.05, 3.63) is 35.4 Å². The van der Waals surface area contributed by atoms with Gasteiger partial charge in [-0.15, -0.1) is 0 Å². The summed E-state index contributed by atoms with van der Waals surface area (Å²) < 4.78 is 0. The van der Waals surface area contributed by atoms with Crippen molar-refractivity contribution in [2.45, 2.75) is 26.2 Å². The van der Waals surface area contributed by atoms with Crippen LogP contribution in [0, 0.1) is 12.8 Å². The first-order chi connectivity index (χ1) is 8.69. The third kappa shape index (κ3) is 3.33. The summed E-state index contributed by atoms with van der Waals surface area (Å²) in [7, 11) is 0. The minimum Gasteiger partial charge on any atom is -0.396 e. The van der Waals surface area contributed by atoms with Crippen LogP contribution in [0.4, 0.5) is 0 Å². The molecule has 0 radical (unpaired) electrons. The maximum absolute atomic E-state index is 12.1. The number of carbonyl (C=O) groups is 1. The van der Waals surface area contributed by atoms with Crippen molar-refractivity contribution in [3.8, 4) is 0 Å². The molecule has 1 aliphatic rings. The van der Waals surface area contributed by atoms with E-state index in [1.165, 1.54) is 5.56 Å². The first-order valence-electron chi connectivity index (χ1n) is 6.63. The van der Waals surface area contributed by atoms with E-state index in [9.17, 15) is 4.79 Å². The minimum absolute atomic E-state index is 0.208. The lowest BCUT2D eigenvalue weighted by molar-refractivity contribution is -0.129. The van der Waals surface area contributed by atoms with E-state index in [1.54, 1.807) is 0 Å². The van der Waals surface area contributed by atoms with Gasteiger partial charge in [-0.05, 0) is 31.2 Å². The summed E-state index contributed by atoms with van der Waals surface area (Å²) in [6.45, 7) is 3.93.